The van der Waals surface area contributed by atoms with E-state index in [9.17, 15) is 5.11 Å². The minimum Gasteiger partial charge on any atom is -0.391 e. The van der Waals surface area contributed by atoms with Gasteiger partial charge >= 0.3 is 0 Å². The van der Waals surface area contributed by atoms with Crippen molar-refractivity contribution in [1.29, 1.82) is 0 Å². The van der Waals surface area contributed by atoms with E-state index in [1.54, 1.807) is 0 Å². The van der Waals surface area contributed by atoms with Crippen molar-refractivity contribution in [2.24, 2.45) is 17.3 Å². The smallest absolute Gasteiger partial charge is 0.0695 e. The Labute approximate surface area is 125 Å². The highest BCUT2D eigenvalue weighted by Crippen LogP contribution is 2.42. The van der Waals surface area contributed by atoms with Gasteiger partial charge in [-0.3, -0.25) is 4.90 Å². The Morgan fingerprint density at radius 1 is 1.15 bits per heavy atom. The Morgan fingerprint density at radius 2 is 1.90 bits per heavy atom. The molecular formula is C18H35NO. The van der Waals surface area contributed by atoms with Gasteiger partial charge < -0.3 is 5.11 Å². The summed E-state index contributed by atoms with van der Waals surface area (Å²) in [4.78, 5) is 2.61. The maximum atomic E-state index is 10.5. The molecule has 2 aliphatic rings. The molecule has 0 radical (unpaired) electrons. The summed E-state index contributed by atoms with van der Waals surface area (Å²) in [5.74, 6) is 1.66. The van der Waals surface area contributed by atoms with Crippen LogP contribution in [0, 0.1) is 17.3 Å². The molecular weight excluding hydrogens is 246 g/mol. The second kappa shape index (κ2) is 6.79. The molecule has 1 heterocycles. The summed E-state index contributed by atoms with van der Waals surface area (Å²) in [5, 5.41) is 10.5. The number of hydrogen-bond donors (Lipinski definition) is 1. The molecule has 0 aromatic rings. The predicted octanol–water partition coefficient (Wildman–Crippen LogP) is 4.07. The zero-order chi connectivity index (χ0) is 14.8. The van der Waals surface area contributed by atoms with Gasteiger partial charge in [0.1, 0.15) is 0 Å². The fourth-order valence-electron chi connectivity index (χ4n) is 4.33. The lowest BCUT2D eigenvalue weighted by Gasteiger charge is -2.44. The molecule has 1 N–H and O–H groups in total. The van der Waals surface area contributed by atoms with E-state index in [1.165, 1.54) is 51.6 Å². The Morgan fingerprint density at radius 3 is 2.55 bits per heavy atom. The van der Waals surface area contributed by atoms with Crippen LogP contribution in [0.15, 0.2) is 0 Å². The number of nitrogens with zero attached hydrogens (tertiary/aromatic N) is 1. The quantitative estimate of drug-likeness (QED) is 0.821. The normalized spacial score (nSPS) is 36.5. The highest BCUT2D eigenvalue weighted by molar-refractivity contribution is 4.93. The van der Waals surface area contributed by atoms with Crippen LogP contribution in [0.3, 0.4) is 0 Å². The van der Waals surface area contributed by atoms with Crippen LogP contribution in [0.1, 0.15) is 72.6 Å². The van der Waals surface area contributed by atoms with Crippen LogP contribution in [0.2, 0.25) is 0 Å². The van der Waals surface area contributed by atoms with E-state index >= 15 is 0 Å². The molecule has 2 rings (SSSR count). The first kappa shape index (κ1) is 16.3. The highest BCUT2D eigenvalue weighted by atomic mass is 16.3. The van der Waals surface area contributed by atoms with Gasteiger partial charge in [0.25, 0.3) is 0 Å². The first-order chi connectivity index (χ1) is 9.47. The number of hydrogen-bond acceptors (Lipinski definition) is 2. The van der Waals surface area contributed by atoms with Gasteiger partial charge in [0.05, 0.1) is 6.10 Å². The molecule has 1 saturated heterocycles. The van der Waals surface area contributed by atoms with Crippen molar-refractivity contribution >= 4 is 0 Å². The summed E-state index contributed by atoms with van der Waals surface area (Å²) in [5.41, 5.74) is 0.431. The van der Waals surface area contributed by atoms with Crippen LogP contribution in [0.5, 0.6) is 0 Å². The van der Waals surface area contributed by atoms with Crippen LogP contribution < -0.4 is 0 Å². The maximum absolute atomic E-state index is 10.5. The Hall–Kier alpha value is -0.0800. The van der Waals surface area contributed by atoms with Crippen molar-refractivity contribution in [3.8, 4) is 0 Å². The fourth-order valence-corrected chi connectivity index (χ4v) is 4.33. The summed E-state index contributed by atoms with van der Waals surface area (Å²) in [6.45, 7) is 11.9. The zero-order valence-corrected chi connectivity index (χ0v) is 14.1. The lowest BCUT2D eigenvalue weighted by molar-refractivity contribution is -0.0140. The third-order valence-corrected chi connectivity index (χ3v) is 6.28. The van der Waals surface area contributed by atoms with E-state index in [0.717, 1.165) is 18.3 Å². The molecule has 0 bridgehead atoms. The van der Waals surface area contributed by atoms with Crippen LogP contribution in [-0.2, 0) is 0 Å². The van der Waals surface area contributed by atoms with Crippen molar-refractivity contribution in [2.45, 2.75) is 84.8 Å². The Kier molecular flexibility index (Phi) is 5.53. The molecule has 118 valence electrons. The van der Waals surface area contributed by atoms with E-state index in [4.69, 9.17) is 0 Å². The number of rotatable bonds is 5. The zero-order valence-electron chi connectivity index (χ0n) is 14.1. The number of aliphatic hydroxyl groups is 1. The molecule has 4 atom stereocenters. The van der Waals surface area contributed by atoms with Crippen LogP contribution in [0.25, 0.3) is 0 Å². The summed E-state index contributed by atoms with van der Waals surface area (Å²) >= 11 is 0. The number of aliphatic hydroxyl groups excluding tert-OH is 1. The number of likely N-dealkylation sites (tertiary alicyclic amines) is 1. The second-order valence-corrected chi connectivity index (χ2v) is 7.93. The van der Waals surface area contributed by atoms with Gasteiger partial charge in [0.2, 0.25) is 0 Å². The molecule has 1 saturated carbocycles. The van der Waals surface area contributed by atoms with E-state index in [2.05, 4.69) is 32.6 Å². The third kappa shape index (κ3) is 3.57. The van der Waals surface area contributed by atoms with Gasteiger partial charge in [-0.2, -0.15) is 0 Å². The summed E-state index contributed by atoms with van der Waals surface area (Å²) < 4.78 is 0. The van der Waals surface area contributed by atoms with Crippen molar-refractivity contribution in [3.05, 3.63) is 0 Å². The first-order valence-electron chi connectivity index (χ1n) is 8.90. The van der Waals surface area contributed by atoms with E-state index in [1.807, 2.05) is 0 Å². The molecule has 0 aromatic heterocycles. The van der Waals surface area contributed by atoms with Crippen LogP contribution in [-0.4, -0.2) is 35.2 Å². The first-order valence-corrected chi connectivity index (χ1v) is 8.90. The monoisotopic (exact) mass is 281 g/mol. The summed E-state index contributed by atoms with van der Waals surface area (Å²) in [6.07, 6.45) is 8.61. The Bertz CT molecular complexity index is 302. The highest BCUT2D eigenvalue weighted by Gasteiger charge is 2.40. The van der Waals surface area contributed by atoms with Gasteiger partial charge in [0.15, 0.2) is 0 Å². The van der Waals surface area contributed by atoms with E-state index < -0.39 is 0 Å². The molecule has 1 aliphatic carbocycles. The lowest BCUT2D eigenvalue weighted by atomic mass is 9.67. The molecule has 2 nitrogen and oxygen atoms in total. The maximum Gasteiger partial charge on any atom is 0.0695 e. The average Bonchev–Trinajstić information content (AvgIpc) is 2.88. The van der Waals surface area contributed by atoms with Crippen LogP contribution >= 0.6 is 0 Å². The minimum atomic E-state index is -0.0840. The van der Waals surface area contributed by atoms with E-state index in [-0.39, 0.29) is 6.10 Å². The molecule has 2 heteroatoms. The van der Waals surface area contributed by atoms with Gasteiger partial charge in [-0.05, 0) is 55.9 Å². The average molecular weight is 281 g/mol. The predicted molar refractivity (Wildman–Crippen MR) is 85.8 cm³/mol. The van der Waals surface area contributed by atoms with Crippen LogP contribution in [0.4, 0.5) is 0 Å². The van der Waals surface area contributed by atoms with Crippen molar-refractivity contribution < 1.29 is 5.11 Å². The van der Waals surface area contributed by atoms with Crippen molar-refractivity contribution in [1.82, 2.24) is 4.90 Å². The van der Waals surface area contributed by atoms with Crippen molar-refractivity contribution in [3.63, 3.8) is 0 Å². The second-order valence-electron chi connectivity index (χ2n) is 7.93. The van der Waals surface area contributed by atoms with Gasteiger partial charge in [-0.1, -0.05) is 40.5 Å². The van der Waals surface area contributed by atoms with Gasteiger partial charge in [-0.15, -0.1) is 0 Å². The Balaban J connectivity index is 1.96. The molecule has 0 spiro atoms. The molecule has 2 fully saturated rings. The molecule has 1 aliphatic heterocycles. The SMILES string of the molecule is CCCC1CCN(C2CC(C(C)(C)CC)CCC2O)C1. The molecule has 20 heavy (non-hydrogen) atoms. The van der Waals surface area contributed by atoms with Crippen molar-refractivity contribution in [2.75, 3.05) is 13.1 Å². The summed E-state index contributed by atoms with van der Waals surface area (Å²) in [6, 6.07) is 0.432. The molecule has 0 aromatic carbocycles. The topological polar surface area (TPSA) is 23.5 Å². The van der Waals surface area contributed by atoms with Gasteiger partial charge in [0, 0.05) is 12.6 Å². The largest absolute Gasteiger partial charge is 0.391 e. The fraction of sp³-hybridized carbons (Fsp3) is 1.00. The standard InChI is InChI=1S/C18H35NO/c1-5-7-14-10-11-19(13-14)16-12-15(8-9-17(16)20)18(3,4)6-2/h14-17,20H,5-13H2,1-4H3. The van der Waals surface area contributed by atoms with E-state index in [0.29, 0.717) is 11.5 Å². The summed E-state index contributed by atoms with van der Waals surface area (Å²) in [7, 11) is 0. The lowest BCUT2D eigenvalue weighted by Crippen LogP contribution is -2.48. The molecule has 4 unspecified atom stereocenters. The minimum absolute atomic E-state index is 0.0840. The third-order valence-electron chi connectivity index (χ3n) is 6.28. The molecule has 0 amide bonds. The van der Waals surface area contributed by atoms with Gasteiger partial charge in [-0.25, -0.2) is 0 Å².